The van der Waals surface area contributed by atoms with Gasteiger partial charge in [-0.2, -0.15) is 0 Å². The molecule has 1 atom stereocenters. The summed E-state index contributed by atoms with van der Waals surface area (Å²) in [5, 5.41) is 9.65. The molecule has 0 aliphatic carbocycles. The van der Waals surface area contributed by atoms with Gasteiger partial charge in [0.15, 0.2) is 5.13 Å². The molecule has 1 aliphatic heterocycles. The monoisotopic (exact) mass is 242 g/mol. The minimum Gasteiger partial charge on any atom is -0.396 e. The maximum atomic E-state index is 8.89. The van der Waals surface area contributed by atoms with Gasteiger partial charge in [-0.25, -0.2) is 10.8 Å². The van der Waals surface area contributed by atoms with Gasteiger partial charge in [0.2, 0.25) is 0 Å². The minimum atomic E-state index is 0.306. The van der Waals surface area contributed by atoms with Crippen LogP contribution in [0.3, 0.4) is 0 Å². The molecule has 0 bridgehead atoms. The van der Waals surface area contributed by atoms with Crippen LogP contribution in [0.4, 0.5) is 5.13 Å². The lowest BCUT2D eigenvalue weighted by atomic mass is 10.1. The van der Waals surface area contributed by atoms with Gasteiger partial charge >= 0.3 is 0 Å². The summed E-state index contributed by atoms with van der Waals surface area (Å²) in [7, 11) is 0. The molecule has 0 saturated carbocycles. The summed E-state index contributed by atoms with van der Waals surface area (Å²) >= 11 is 1.60. The lowest BCUT2D eigenvalue weighted by molar-refractivity contribution is 0.250. The number of anilines is 1. The highest BCUT2D eigenvalue weighted by atomic mass is 32.1. The van der Waals surface area contributed by atoms with Crippen LogP contribution in [0.25, 0.3) is 0 Å². The zero-order chi connectivity index (χ0) is 11.4. The Hall–Kier alpha value is -0.690. The predicted octanol–water partition coefficient (Wildman–Crippen LogP) is 0.633. The zero-order valence-electron chi connectivity index (χ0n) is 9.22. The molecule has 5 nitrogen and oxygen atoms in total. The van der Waals surface area contributed by atoms with E-state index >= 15 is 0 Å². The molecule has 1 aliphatic rings. The van der Waals surface area contributed by atoms with Crippen molar-refractivity contribution >= 4 is 16.5 Å². The van der Waals surface area contributed by atoms with Gasteiger partial charge in [0.1, 0.15) is 0 Å². The molecule has 1 saturated heterocycles. The van der Waals surface area contributed by atoms with E-state index < -0.39 is 0 Å². The van der Waals surface area contributed by atoms with Crippen molar-refractivity contribution in [2.75, 3.05) is 25.1 Å². The number of hydrazine groups is 1. The van der Waals surface area contributed by atoms with Crippen molar-refractivity contribution in [3.8, 4) is 0 Å². The molecule has 1 unspecified atom stereocenters. The van der Waals surface area contributed by atoms with Crippen LogP contribution in [0.15, 0.2) is 6.20 Å². The van der Waals surface area contributed by atoms with Gasteiger partial charge < -0.3 is 5.11 Å². The molecular weight excluding hydrogens is 224 g/mol. The van der Waals surface area contributed by atoms with E-state index in [9.17, 15) is 0 Å². The fourth-order valence-corrected chi connectivity index (χ4v) is 2.91. The predicted molar refractivity (Wildman–Crippen MR) is 65.0 cm³/mol. The Morgan fingerprint density at radius 2 is 2.56 bits per heavy atom. The van der Waals surface area contributed by atoms with Crippen molar-refractivity contribution in [3.05, 3.63) is 11.1 Å². The van der Waals surface area contributed by atoms with E-state index in [0.717, 1.165) is 31.2 Å². The highest BCUT2D eigenvalue weighted by Gasteiger charge is 2.22. The third-order valence-electron chi connectivity index (χ3n) is 2.96. The van der Waals surface area contributed by atoms with Crippen molar-refractivity contribution < 1.29 is 5.11 Å². The molecule has 4 N–H and O–H groups in total. The Morgan fingerprint density at radius 1 is 1.69 bits per heavy atom. The van der Waals surface area contributed by atoms with Crippen molar-refractivity contribution in [2.24, 2.45) is 11.8 Å². The molecule has 2 heterocycles. The van der Waals surface area contributed by atoms with E-state index in [1.165, 1.54) is 11.3 Å². The summed E-state index contributed by atoms with van der Waals surface area (Å²) in [5.74, 6) is 5.95. The zero-order valence-corrected chi connectivity index (χ0v) is 10.0. The Kier molecular flexibility index (Phi) is 4.11. The first-order valence-corrected chi connectivity index (χ1v) is 6.38. The fraction of sp³-hybridized carbons (Fsp3) is 0.700. The van der Waals surface area contributed by atoms with E-state index in [-0.39, 0.29) is 0 Å². The number of aliphatic hydroxyl groups is 1. The summed E-state index contributed by atoms with van der Waals surface area (Å²) in [6.07, 6.45) is 4.00. The van der Waals surface area contributed by atoms with Gasteiger partial charge in [0.25, 0.3) is 0 Å². The van der Waals surface area contributed by atoms with E-state index in [4.69, 9.17) is 10.9 Å². The van der Waals surface area contributed by atoms with E-state index in [0.29, 0.717) is 12.5 Å². The van der Waals surface area contributed by atoms with Gasteiger partial charge in [-0.05, 0) is 25.3 Å². The van der Waals surface area contributed by atoms with E-state index in [2.05, 4.69) is 15.3 Å². The third kappa shape index (κ3) is 2.91. The molecule has 90 valence electrons. The lowest BCUT2D eigenvalue weighted by Crippen LogP contribution is -2.19. The number of hydrogen-bond acceptors (Lipinski definition) is 6. The van der Waals surface area contributed by atoms with E-state index in [1.807, 2.05) is 6.20 Å². The number of nitrogens with zero attached hydrogens (tertiary/aromatic N) is 2. The van der Waals surface area contributed by atoms with Crippen LogP contribution in [-0.4, -0.2) is 34.7 Å². The number of nitrogens with two attached hydrogens (primary N) is 1. The summed E-state index contributed by atoms with van der Waals surface area (Å²) < 4.78 is 0. The molecule has 0 aromatic carbocycles. The first kappa shape index (κ1) is 11.8. The van der Waals surface area contributed by atoms with Crippen LogP contribution in [0.1, 0.15) is 17.7 Å². The smallest absolute Gasteiger partial charge is 0.197 e. The molecule has 6 heteroatoms. The Balaban J connectivity index is 1.82. The van der Waals surface area contributed by atoms with Gasteiger partial charge in [0, 0.05) is 30.8 Å². The Bertz CT molecular complexity index is 330. The second kappa shape index (κ2) is 5.58. The summed E-state index contributed by atoms with van der Waals surface area (Å²) in [5.41, 5.74) is 2.56. The molecule has 1 aromatic heterocycles. The van der Waals surface area contributed by atoms with Crippen molar-refractivity contribution in [1.82, 2.24) is 9.88 Å². The van der Waals surface area contributed by atoms with Crippen molar-refractivity contribution in [3.63, 3.8) is 0 Å². The largest absolute Gasteiger partial charge is 0.396 e. The number of likely N-dealkylation sites (tertiary alicyclic amines) is 1. The average molecular weight is 242 g/mol. The molecule has 0 amide bonds. The van der Waals surface area contributed by atoms with Gasteiger partial charge in [0.05, 0.1) is 0 Å². The van der Waals surface area contributed by atoms with Gasteiger partial charge in [-0.1, -0.05) is 11.3 Å². The Morgan fingerprint density at radius 3 is 3.25 bits per heavy atom. The fourth-order valence-electron chi connectivity index (χ4n) is 2.14. The van der Waals surface area contributed by atoms with Crippen LogP contribution in [-0.2, 0) is 6.54 Å². The number of nitrogens with one attached hydrogen (secondary N) is 1. The second-order valence-corrected chi connectivity index (χ2v) is 5.29. The molecular formula is C10H18N4OS. The average Bonchev–Trinajstić information content (AvgIpc) is 2.89. The van der Waals surface area contributed by atoms with Crippen LogP contribution in [0.5, 0.6) is 0 Å². The quantitative estimate of drug-likeness (QED) is 0.522. The first-order valence-electron chi connectivity index (χ1n) is 5.56. The number of thiazole rings is 1. The topological polar surface area (TPSA) is 74.4 Å². The highest BCUT2D eigenvalue weighted by Crippen LogP contribution is 2.24. The SMILES string of the molecule is NNc1ncc(CN2CCC(CCO)C2)s1. The summed E-state index contributed by atoms with van der Waals surface area (Å²) in [4.78, 5) is 7.79. The first-order chi connectivity index (χ1) is 7.81. The number of rotatable bonds is 5. The number of hydrogen-bond donors (Lipinski definition) is 3. The van der Waals surface area contributed by atoms with E-state index in [1.54, 1.807) is 11.3 Å². The highest BCUT2D eigenvalue weighted by molar-refractivity contribution is 7.15. The third-order valence-corrected chi connectivity index (χ3v) is 3.88. The van der Waals surface area contributed by atoms with Gasteiger partial charge in [-0.3, -0.25) is 10.3 Å². The summed E-state index contributed by atoms with van der Waals surface area (Å²) in [6.45, 7) is 3.46. The maximum absolute atomic E-state index is 8.89. The number of aliphatic hydroxyl groups excluding tert-OH is 1. The molecule has 2 rings (SSSR count). The van der Waals surface area contributed by atoms with Crippen molar-refractivity contribution in [1.29, 1.82) is 0 Å². The maximum Gasteiger partial charge on any atom is 0.197 e. The lowest BCUT2D eigenvalue weighted by Gasteiger charge is -2.13. The van der Waals surface area contributed by atoms with Crippen LogP contribution < -0.4 is 11.3 Å². The van der Waals surface area contributed by atoms with Crippen LogP contribution in [0, 0.1) is 5.92 Å². The van der Waals surface area contributed by atoms with Crippen LogP contribution in [0.2, 0.25) is 0 Å². The Labute approximate surface area is 99.3 Å². The number of aromatic nitrogens is 1. The summed E-state index contributed by atoms with van der Waals surface area (Å²) in [6, 6.07) is 0. The number of nitrogen functional groups attached to an aromatic ring is 1. The molecule has 0 radical (unpaired) electrons. The standard InChI is InChI=1S/C10H18N4OS/c11-13-10-12-5-9(16-10)7-14-3-1-8(6-14)2-4-15/h5,8,15H,1-4,6-7,11H2,(H,12,13). The van der Waals surface area contributed by atoms with Gasteiger partial charge in [-0.15, -0.1) is 0 Å². The second-order valence-electron chi connectivity index (χ2n) is 4.18. The van der Waals surface area contributed by atoms with Crippen molar-refractivity contribution in [2.45, 2.75) is 19.4 Å². The molecule has 1 fully saturated rings. The molecule has 0 spiro atoms. The normalized spacial score (nSPS) is 21.5. The van der Waals surface area contributed by atoms with Crippen LogP contribution >= 0.6 is 11.3 Å². The minimum absolute atomic E-state index is 0.306. The molecule has 1 aromatic rings. The molecule has 16 heavy (non-hydrogen) atoms.